The van der Waals surface area contributed by atoms with Crippen LogP contribution in [0, 0.1) is 5.41 Å². The van der Waals surface area contributed by atoms with Crippen LogP contribution < -0.4 is 0 Å². The van der Waals surface area contributed by atoms with Crippen molar-refractivity contribution in [2.24, 2.45) is 5.41 Å². The van der Waals surface area contributed by atoms with Crippen molar-refractivity contribution in [1.82, 2.24) is 20.0 Å². The second-order valence-corrected chi connectivity index (χ2v) is 5.44. The average molecular weight is 242 g/mol. The Bertz CT molecular complexity index is 601. The van der Waals surface area contributed by atoms with Crippen LogP contribution in [0.5, 0.6) is 0 Å². The van der Waals surface area contributed by atoms with E-state index >= 15 is 0 Å². The van der Waals surface area contributed by atoms with Gasteiger partial charge in [-0.3, -0.25) is 4.79 Å². The third-order valence-electron chi connectivity index (χ3n) is 3.23. The summed E-state index contributed by atoms with van der Waals surface area (Å²) in [4.78, 5) is 12.1. The molecule has 5 nitrogen and oxygen atoms in total. The van der Waals surface area contributed by atoms with E-state index < -0.39 is 0 Å². The number of Topliss-reactive ketones (excluding diaryl/α,β-unsaturated/α-hetero) is 1. The molecule has 0 N–H and O–H groups in total. The van der Waals surface area contributed by atoms with Crippen LogP contribution >= 0.6 is 0 Å². The molecule has 1 aliphatic carbocycles. The summed E-state index contributed by atoms with van der Waals surface area (Å²) in [5.74, 6) is 0.820. The maximum atomic E-state index is 12.1. The fraction of sp³-hybridized carbons (Fsp3) is 0.385. The van der Waals surface area contributed by atoms with Crippen molar-refractivity contribution in [3.8, 4) is 5.82 Å². The summed E-state index contributed by atoms with van der Waals surface area (Å²) in [6, 6.07) is 3.65. The van der Waals surface area contributed by atoms with E-state index in [-0.39, 0.29) is 11.2 Å². The minimum atomic E-state index is -0.0237. The van der Waals surface area contributed by atoms with Gasteiger partial charge < -0.3 is 0 Å². The van der Waals surface area contributed by atoms with Crippen LogP contribution in [-0.2, 0) is 6.42 Å². The van der Waals surface area contributed by atoms with Crippen LogP contribution in [-0.4, -0.2) is 25.8 Å². The molecule has 5 heteroatoms. The molecule has 0 radical (unpaired) electrons. The quantitative estimate of drug-likeness (QED) is 0.765. The first-order chi connectivity index (χ1) is 8.57. The van der Waals surface area contributed by atoms with Gasteiger partial charge in [0, 0.05) is 12.6 Å². The predicted molar refractivity (Wildman–Crippen MR) is 65.6 cm³/mol. The van der Waals surface area contributed by atoms with Crippen molar-refractivity contribution < 1.29 is 4.79 Å². The van der Waals surface area contributed by atoms with Gasteiger partial charge in [0.1, 0.15) is 0 Å². The summed E-state index contributed by atoms with van der Waals surface area (Å²) in [7, 11) is 0. The average Bonchev–Trinajstić information content (AvgIpc) is 2.72. The topological polar surface area (TPSA) is 60.7 Å². The number of ketones is 1. The van der Waals surface area contributed by atoms with Gasteiger partial charge in [-0.2, -0.15) is 10.2 Å². The Kier molecular flexibility index (Phi) is 2.29. The summed E-state index contributed by atoms with van der Waals surface area (Å²) in [6.07, 6.45) is 4.66. The smallest absolute Gasteiger partial charge is 0.175 e. The van der Waals surface area contributed by atoms with Crippen LogP contribution in [0.15, 0.2) is 24.5 Å². The third kappa shape index (κ3) is 1.72. The van der Waals surface area contributed by atoms with Gasteiger partial charge in [-0.25, -0.2) is 4.68 Å². The van der Waals surface area contributed by atoms with Gasteiger partial charge >= 0.3 is 0 Å². The molecule has 0 bridgehead atoms. The Balaban J connectivity index is 2.13. The minimum Gasteiger partial charge on any atom is -0.294 e. The number of rotatable bonds is 1. The van der Waals surface area contributed by atoms with Gasteiger partial charge in [-0.15, -0.1) is 5.10 Å². The molecule has 0 amide bonds. The monoisotopic (exact) mass is 242 g/mol. The maximum Gasteiger partial charge on any atom is 0.175 e. The molecule has 0 atom stereocenters. The fourth-order valence-electron chi connectivity index (χ4n) is 2.43. The van der Waals surface area contributed by atoms with Crippen molar-refractivity contribution in [2.75, 3.05) is 0 Å². The summed E-state index contributed by atoms with van der Waals surface area (Å²) in [5.41, 5.74) is 1.64. The van der Waals surface area contributed by atoms with Gasteiger partial charge in [0.15, 0.2) is 11.6 Å². The molecule has 0 unspecified atom stereocenters. The van der Waals surface area contributed by atoms with E-state index in [1.54, 1.807) is 17.1 Å². The Morgan fingerprint density at radius 1 is 1.33 bits per heavy atom. The molecule has 0 saturated carbocycles. The number of hydrogen-bond acceptors (Lipinski definition) is 4. The standard InChI is InChI=1S/C13H14N4O/c1-13(2)6-10-9(11(18)7-13)8-15-17(10)12-4-3-5-14-16-12/h3-5,8H,6-7H2,1-2H3. The molecule has 3 rings (SSSR count). The van der Waals surface area contributed by atoms with Crippen LogP contribution in [0.2, 0.25) is 0 Å². The number of carbonyl (C=O) groups is 1. The molecule has 0 aliphatic heterocycles. The first kappa shape index (κ1) is 11.1. The third-order valence-corrected chi connectivity index (χ3v) is 3.23. The molecule has 0 saturated heterocycles. The molecule has 18 heavy (non-hydrogen) atoms. The summed E-state index contributed by atoms with van der Waals surface area (Å²) in [6.45, 7) is 4.20. The van der Waals surface area contributed by atoms with E-state index in [2.05, 4.69) is 29.1 Å². The highest BCUT2D eigenvalue weighted by molar-refractivity contribution is 5.98. The fourth-order valence-corrected chi connectivity index (χ4v) is 2.43. The molecule has 2 aromatic heterocycles. The van der Waals surface area contributed by atoms with E-state index in [1.807, 2.05) is 12.1 Å². The van der Waals surface area contributed by atoms with Crippen LogP contribution in [0.4, 0.5) is 0 Å². The second kappa shape index (κ2) is 3.73. The van der Waals surface area contributed by atoms with Crippen molar-refractivity contribution in [2.45, 2.75) is 26.7 Å². The molecule has 1 aliphatic rings. The lowest BCUT2D eigenvalue weighted by Crippen LogP contribution is -2.28. The van der Waals surface area contributed by atoms with Gasteiger partial charge in [0.05, 0.1) is 17.5 Å². The van der Waals surface area contributed by atoms with Crippen LogP contribution in [0.3, 0.4) is 0 Å². The van der Waals surface area contributed by atoms with E-state index in [1.165, 1.54) is 0 Å². The molecule has 0 aromatic carbocycles. The van der Waals surface area contributed by atoms with E-state index in [4.69, 9.17) is 0 Å². The molecule has 0 spiro atoms. The van der Waals surface area contributed by atoms with Gasteiger partial charge in [-0.05, 0) is 24.0 Å². The molecular weight excluding hydrogens is 228 g/mol. The zero-order valence-electron chi connectivity index (χ0n) is 10.4. The van der Waals surface area contributed by atoms with Gasteiger partial charge in [0.2, 0.25) is 0 Å². The van der Waals surface area contributed by atoms with Crippen molar-refractivity contribution >= 4 is 5.78 Å². The lowest BCUT2D eigenvalue weighted by Gasteiger charge is -2.28. The summed E-state index contributed by atoms with van der Waals surface area (Å²) >= 11 is 0. The van der Waals surface area contributed by atoms with Crippen LogP contribution in [0.1, 0.15) is 36.3 Å². The lowest BCUT2D eigenvalue weighted by molar-refractivity contribution is 0.0911. The molecule has 0 fully saturated rings. The highest BCUT2D eigenvalue weighted by Gasteiger charge is 2.34. The predicted octanol–water partition coefficient (Wildman–Crippen LogP) is 1.82. The normalized spacial score (nSPS) is 17.6. The van der Waals surface area contributed by atoms with Gasteiger partial charge in [0.25, 0.3) is 0 Å². The van der Waals surface area contributed by atoms with Crippen molar-refractivity contribution in [3.63, 3.8) is 0 Å². The minimum absolute atomic E-state index is 0.0237. The number of nitrogens with zero attached hydrogens (tertiary/aromatic N) is 4. The molecule has 2 aromatic rings. The van der Waals surface area contributed by atoms with Crippen LogP contribution in [0.25, 0.3) is 5.82 Å². The van der Waals surface area contributed by atoms with Crippen molar-refractivity contribution in [3.05, 3.63) is 35.8 Å². The first-order valence-corrected chi connectivity index (χ1v) is 5.95. The Morgan fingerprint density at radius 3 is 2.89 bits per heavy atom. The Morgan fingerprint density at radius 2 is 2.17 bits per heavy atom. The SMILES string of the molecule is CC1(C)CC(=O)c2cnn(-c3cccnn3)c2C1. The zero-order chi connectivity index (χ0) is 12.8. The van der Waals surface area contributed by atoms with E-state index in [0.717, 1.165) is 17.7 Å². The summed E-state index contributed by atoms with van der Waals surface area (Å²) in [5, 5.41) is 12.2. The molecular formula is C13H14N4O. The van der Waals surface area contributed by atoms with Crippen molar-refractivity contribution in [1.29, 1.82) is 0 Å². The number of aromatic nitrogens is 4. The highest BCUT2D eigenvalue weighted by atomic mass is 16.1. The van der Waals surface area contributed by atoms with E-state index in [0.29, 0.717) is 12.2 Å². The van der Waals surface area contributed by atoms with E-state index in [9.17, 15) is 4.79 Å². The zero-order valence-corrected chi connectivity index (χ0v) is 10.4. The molecule has 2 heterocycles. The lowest BCUT2D eigenvalue weighted by atomic mass is 9.76. The highest BCUT2D eigenvalue weighted by Crippen LogP contribution is 2.35. The summed E-state index contributed by atoms with van der Waals surface area (Å²) < 4.78 is 1.72. The van der Waals surface area contributed by atoms with Gasteiger partial charge in [-0.1, -0.05) is 13.8 Å². The largest absolute Gasteiger partial charge is 0.294 e. The Labute approximate surface area is 105 Å². The number of carbonyl (C=O) groups excluding carboxylic acids is 1. The maximum absolute atomic E-state index is 12.1. The number of fused-ring (bicyclic) bond motifs is 1. The first-order valence-electron chi connectivity index (χ1n) is 5.95. The number of hydrogen-bond donors (Lipinski definition) is 0. The molecule has 92 valence electrons. The second-order valence-electron chi connectivity index (χ2n) is 5.44. The Hall–Kier alpha value is -2.04.